The first-order valence-electron chi connectivity index (χ1n) is 13.1. The van der Waals surface area contributed by atoms with Crippen LogP contribution in [0.1, 0.15) is 63.4 Å². The molecule has 0 spiro atoms. The number of aliphatic hydroxyl groups excluding tert-OH is 1. The van der Waals surface area contributed by atoms with E-state index in [0.29, 0.717) is 38.2 Å². The number of nitrogens with one attached hydrogen (secondary N) is 3. The van der Waals surface area contributed by atoms with Gasteiger partial charge in [0.25, 0.3) is 0 Å². The number of piperazine rings is 1. The van der Waals surface area contributed by atoms with Crippen LogP contribution in [0.15, 0.2) is 34.9 Å². The highest BCUT2D eigenvalue weighted by molar-refractivity contribution is 5.68. The molecule has 1 saturated heterocycles. The Kier molecular flexibility index (Phi) is 11.3. The maximum atomic E-state index is 12.5. The largest absolute Gasteiger partial charge is 0.445 e. The number of alkyl carbamates (subject to hydrolysis) is 2. The number of nitrogens with zero attached hydrogens (tertiary/aromatic N) is 3. The van der Waals surface area contributed by atoms with Crippen LogP contribution in [0.2, 0.25) is 0 Å². The van der Waals surface area contributed by atoms with Crippen LogP contribution in [0.25, 0.3) is 0 Å². The lowest BCUT2D eigenvalue weighted by Gasteiger charge is -2.25. The highest BCUT2D eigenvalue weighted by atomic mass is 16.6. The third kappa shape index (κ3) is 10.6. The third-order valence-electron chi connectivity index (χ3n) is 5.82. The van der Waals surface area contributed by atoms with Gasteiger partial charge in [-0.15, -0.1) is 0 Å². The standard InChI is InChI=1S/C26H40N6O6/c1-26(2,3)37-24(34)28-12-8-7-11-20(29-25(35)36-18-19-9-5-4-6-10-19)22(33)23-30-21(38-31-23)17-32-15-13-27-14-16-32/h4-6,9-10,20,22,27,33H,7-8,11-18H2,1-3H3,(H,28,34)(H,29,35). The molecule has 4 N–H and O–H groups in total. The SMILES string of the molecule is CC(C)(C)OC(=O)NCCCCC(NC(=O)OCc1ccccc1)C(O)c1noc(CN2CCNCC2)n1. The minimum atomic E-state index is -1.20. The number of aliphatic hydroxyl groups is 1. The summed E-state index contributed by atoms with van der Waals surface area (Å²) in [5.74, 6) is 0.517. The number of aromatic nitrogens is 2. The Morgan fingerprint density at radius 1 is 1.16 bits per heavy atom. The van der Waals surface area contributed by atoms with Gasteiger partial charge in [-0.05, 0) is 45.6 Å². The predicted molar refractivity (Wildman–Crippen MR) is 139 cm³/mol. The molecule has 1 aromatic heterocycles. The number of benzene rings is 1. The molecule has 3 rings (SSSR count). The number of rotatable bonds is 12. The summed E-state index contributed by atoms with van der Waals surface area (Å²) >= 11 is 0. The summed E-state index contributed by atoms with van der Waals surface area (Å²) in [6.07, 6.45) is -0.723. The number of carbonyl (C=O) groups is 2. The lowest BCUT2D eigenvalue weighted by Crippen LogP contribution is -2.43. The van der Waals surface area contributed by atoms with Crippen molar-refractivity contribution in [1.82, 2.24) is 31.0 Å². The van der Waals surface area contributed by atoms with E-state index in [1.807, 2.05) is 30.3 Å². The molecule has 0 bridgehead atoms. The van der Waals surface area contributed by atoms with E-state index in [0.717, 1.165) is 31.7 Å². The fourth-order valence-electron chi connectivity index (χ4n) is 3.91. The van der Waals surface area contributed by atoms with E-state index in [1.165, 1.54) is 0 Å². The molecule has 0 radical (unpaired) electrons. The van der Waals surface area contributed by atoms with Gasteiger partial charge in [-0.3, -0.25) is 4.90 Å². The van der Waals surface area contributed by atoms with Crippen LogP contribution in [0.5, 0.6) is 0 Å². The minimum Gasteiger partial charge on any atom is -0.445 e. The van der Waals surface area contributed by atoms with Gasteiger partial charge in [-0.2, -0.15) is 4.98 Å². The second-order valence-electron chi connectivity index (χ2n) is 10.3. The van der Waals surface area contributed by atoms with Gasteiger partial charge in [0.2, 0.25) is 11.7 Å². The quantitative estimate of drug-likeness (QED) is 0.300. The van der Waals surface area contributed by atoms with Crippen molar-refractivity contribution in [2.75, 3.05) is 32.7 Å². The molecule has 1 aliphatic rings. The van der Waals surface area contributed by atoms with Crippen LogP contribution >= 0.6 is 0 Å². The lowest BCUT2D eigenvalue weighted by molar-refractivity contribution is 0.0526. The Morgan fingerprint density at radius 3 is 2.61 bits per heavy atom. The molecule has 1 aliphatic heterocycles. The Labute approximate surface area is 223 Å². The van der Waals surface area contributed by atoms with Crippen molar-refractivity contribution in [3.8, 4) is 0 Å². The minimum absolute atomic E-state index is 0.104. The molecule has 210 valence electrons. The van der Waals surface area contributed by atoms with Crippen molar-refractivity contribution < 1.29 is 28.7 Å². The average molecular weight is 533 g/mol. The van der Waals surface area contributed by atoms with E-state index in [9.17, 15) is 14.7 Å². The summed E-state index contributed by atoms with van der Waals surface area (Å²) in [4.78, 5) is 31.0. The first-order chi connectivity index (χ1) is 18.2. The van der Waals surface area contributed by atoms with E-state index in [-0.39, 0.29) is 12.4 Å². The van der Waals surface area contributed by atoms with Crippen molar-refractivity contribution in [3.05, 3.63) is 47.6 Å². The number of hydrogen-bond donors (Lipinski definition) is 4. The van der Waals surface area contributed by atoms with Gasteiger partial charge >= 0.3 is 12.2 Å². The molecule has 1 aromatic carbocycles. The maximum Gasteiger partial charge on any atom is 0.407 e. The zero-order valence-corrected chi connectivity index (χ0v) is 22.4. The predicted octanol–water partition coefficient (Wildman–Crippen LogP) is 2.50. The van der Waals surface area contributed by atoms with Gasteiger partial charge in [-0.25, -0.2) is 9.59 Å². The molecule has 0 aliphatic carbocycles. The third-order valence-corrected chi connectivity index (χ3v) is 5.82. The first-order valence-corrected chi connectivity index (χ1v) is 13.1. The Hall–Kier alpha value is -3.22. The van der Waals surface area contributed by atoms with Crippen LogP contribution in [0.4, 0.5) is 9.59 Å². The Bertz CT molecular complexity index is 990. The fraction of sp³-hybridized carbons (Fsp3) is 0.615. The molecule has 2 amide bonds. The first kappa shape index (κ1) is 29.3. The Morgan fingerprint density at radius 2 is 1.89 bits per heavy atom. The number of unbranched alkanes of at least 4 members (excludes halogenated alkanes) is 1. The smallest absolute Gasteiger partial charge is 0.407 e. The van der Waals surface area contributed by atoms with Crippen molar-refractivity contribution in [3.63, 3.8) is 0 Å². The van der Waals surface area contributed by atoms with Gasteiger partial charge in [-0.1, -0.05) is 35.5 Å². The number of hydrogen-bond acceptors (Lipinski definition) is 10. The molecule has 38 heavy (non-hydrogen) atoms. The van der Waals surface area contributed by atoms with E-state index >= 15 is 0 Å². The molecule has 2 atom stereocenters. The molecule has 0 saturated carbocycles. The van der Waals surface area contributed by atoms with Gasteiger partial charge in [0.05, 0.1) is 12.6 Å². The highest BCUT2D eigenvalue weighted by Crippen LogP contribution is 2.19. The monoisotopic (exact) mass is 532 g/mol. The molecule has 12 heteroatoms. The number of amides is 2. The van der Waals surface area contributed by atoms with Crippen LogP contribution in [-0.2, 0) is 22.6 Å². The van der Waals surface area contributed by atoms with Gasteiger partial charge in [0, 0.05) is 32.7 Å². The summed E-state index contributed by atoms with van der Waals surface area (Å²) < 4.78 is 16.0. The van der Waals surface area contributed by atoms with Crippen molar-refractivity contribution >= 4 is 12.2 Å². The molecule has 2 aromatic rings. The summed E-state index contributed by atoms with van der Waals surface area (Å²) in [6, 6.07) is 8.61. The molecule has 2 heterocycles. The van der Waals surface area contributed by atoms with E-state index in [4.69, 9.17) is 14.0 Å². The second kappa shape index (κ2) is 14.6. The summed E-state index contributed by atoms with van der Waals surface area (Å²) in [5, 5.41) is 23.7. The topological polar surface area (TPSA) is 151 Å². The van der Waals surface area contributed by atoms with Crippen LogP contribution < -0.4 is 16.0 Å². The van der Waals surface area contributed by atoms with Crippen molar-refractivity contribution in [1.29, 1.82) is 0 Å². The van der Waals surface area contributed by atoms with Crippen LogP contribution in [0.3, 0.4) is 0 Å². The van der Waals surface area contributed by atoms with Crippen LogP contribution in [0, 0.1) is 0 Å². The fourth-order valence-corrected chi connectivity index (χ4v) is 3.91. The average Bonchev–Trinajstić information content (AvgIpc) is 3.34. The Balaban J connectivity index is 1.54. The van der Waals surface area contributed by atoms with Crippen molar-refractivity contribution in [2.24, 2.45) is 0 Å². The summed E-state index contributed by atoms with van der Waals surface area (Å²) in [6.45, 7) is 9.92. The number of ether oxygens (including phenoxy) is 2. The van der Waals surface area contributed by atoms with Gasteiger partial charge in [0.15, 0.2) is 0 Å². The molecular formula is C26H40N6O6. The summed E-state index contributed by atoms with van der Waals surface area (Å²) in [7, 11) is 0. The van der Waals surface area contributed by atoms with Gasteiger partial charge < -0.3 is 35.1 Å². The molecular weight excluding hydrogens is 492 g/mol. The molecule has 1 fully saturated rings. The molecule has 2 unspecified atom stereocenters. The normalized spacial score (nSPS) is 15.9. The van der Waals surface area contributed by atoms with Gasteiger partial charge in [0.1, 0.15) is 18.3 Å². The van der Waals surface area contributed by atoms with E-state index in [1.54, 1.807) is 20.8 Å². The second-order valence-corrected chi connectivity index (χ2v) is 10.3. The zero-order valence-electron chi connectivity index (χ0n) is 22.4. The van der Waals surface area contributed by atoms with Crippen molar-refractivity contribution in [2.45, 2.75) is 70.9 Å². The maximum absolute atomic E-state index is 12.5. The van der Waals surface area contributed by atoms with E-state index in [2.05, 4.69) is 31.0 Å². The summed E-state index contributed by atoms with van der Waals surface area (Å²) in [5.41, 5.74) is 0.279. The number of carbonyl (C=O) groups excluding carboxylic acids is 2. The van der Waals surface area contributed by atoms with E-state index < -0.39 is 29.9 Å². The lowest BCUT2D eigenvalue weighted by atomic mass is 10.0. The highest BCUT2D eigenvalue weighted by Gasteiger charge is 2.28. The molecule has 12 nitrogen and oxygen atoms in total. The van der Waals surface area contributed by atoms with Crippen LogP contribution in [-0.4, -0.2) is 76.7 Å². The zero-order chi connectivity index (χ0) is 27.4.